The average Bonchev–Trinajstić information content (AvgIpc) is 2.73. The van der Waals surface area contributed by atoms with E-state index in [0.29, 0.717) is 29.3 Å². The van der Waals surface area contributed by atoms with Crippen LogP contribution < -0.4 is 10.6 Å². The van der Waals surface area contributed by atoms with E-state index in [9.17, 15) is 9.18 Å². The summed E-state index contributed by atoms with van der Waals surface area (Å²) < 4.78 is 14.5. The number of carbonyl (C=O) groups excluding carboxylic acids is 1. The number of aromatic nitrogens is 2. The van der Waals surface area contributed by atoms with Crippen LogP contribution in [0.3, 0.4) is 0 Å². The summed E-state index contributed by atoms with van der Waals surface area (Å²) in [5.74, 6) is -0.611. The molecule has 20 heavy (non-hydrogen) atoms. The Bertz CT molecular complexity index is 633. The molecule has 1 heterocycles. The molecule has 6 heteroatoms. The van der Waals surface area contributed by atoms with Crippen LogP contribution in [0.2, 0.25) is 0 Å². The quantitative estimate of drug-likeness (QED) is 0.934. The lowest BCUT2D eigenvalue weighted by Gasteiger charge is -2.18. The van der Waals surface area contributed by atoms with Crippen LogP contribution in [0.4, 0.5) is 15.8 Å². The van der Waals surface area contributed by atoms with E-state index in [4.69, 9.17) is 5.73 Å². The van der Waals surface area contributed by atoms with Gasteiger partial charge in [-0.1, -0.05) is 0 Å². The third-order valence-corrected chi connectivity index (χ3v) is 3.19. The summed E-state index contributed by atoms with van der Waals surface area (Å²) in [6.07, 6.45) is 0. The van der Waals surface area contributed by atoms with Crippen molar-refractivity contribution < 1.29 is 9.18 Å². The molecule has 2 N–H and O–H groups in total. The lowest BCUT2D eigenvalue weighted by Crippen LogP contribution is -2.29. The van der Waals surface area contributed by atoms with E-state index in [1.54, 1.807) is 30.8 Å². The topological polar surface area (TPSA) is 64.2 Å². The third kappa shape index (κ3) is 2.36. The van der Waals surface area contributed by atoms with Gasteiger partial charge >= 0.3 is 0 Å². The summed E-state index contributed by atoms with van der Waals surface area (Å²) in [7, 11) is 1.62. The van der Waals surface area contributed by atoms with Gasteiger partial charge in [0.1, 0.15) is 11.5 Å². The molecule has 0 fully saturated rings. The van der Waals surface area contributed by atoms with Gasteiger partial charge < -0.3 is 10.6 Å². The number of rotatable bonds is 3. The third-order valence-electron chi connectivity index (χ3n) is 3.19. The van der Waals surface area contributed by atoms with Crippen molar-refractivity contribution in [2.75, 3.05) is 17.7 Å². The van der Waals surface area contributed by atoms with Crippen LogP contribution in [0, 0.1) is 12.7 Å². The normalized spacial score (nSPS) is 10.6. The van der Waals surface area contributed by atoms with Crippen LogP contribution in [-0.2, 0) is 6.54 Å². The number of nitrogens with two attached hydrogens (primary N) is 1. The standard InChI is InChI=1S/C14H17FN4O/c1-4-19-13(12(16)9(2)17-19)14(20)18(3)11-7-5-10(15)6-8-11/h5-8H,4,16H2,1-3H3. The van der Waals surface area contributed by atoms with Crippen molar-refractivity contribution >= 4 is 17.3 Å². The Labute approximate surface area is 116 Å². The van der Waals surface area contributed by atoms with Crippen molar-refractivity contribution in [3.05, 3.63) is 41.5 Å². The van der Waals surface area contributed by atoms with E-state index in [0.717, 1.165) is 0 Å². The maximum atomic E-state index is 12.9. The maximum absolute atomic E-state index is 12.9. The van der Waals surface area contributed by atoms with Crippen LogP contribution in [0.15, 0.2) is 24.3 Å². The number of aryl methyl sites for hydroxylation is 2. The van der Waals surface area contributed by atoms with E-state index in [-0.39, 0.29) is 11.7 Å². The number of hydrogen-bond donors (Lipinski definition) is 1. The molecule has 5 nitrogen and oxygen atoms in total. The fraction of sp³-hybridized carbons (Fsp3) is 0.286. The molecular weight excluding hydrogens is 259 g/mol. The van der Waals surface area contributed by atoms with E-state index in [1.807, 2.05) is 6.92 Å². The first-order valence-electron chi connectivity index (χ1n) is 6.32. The van der Waals surface area contributed by atoms with Gasteiger partial charge in [0.25, 0.3) is 5.91 Å². The number of amides is 1. The lowest BCUT2D eigenvalue weighted by molar-refractivity contribution is 0.0983. The van der Waals surface area contributed by atoms with Crippen LogP contribution in [0.1, 0.15) is 23.1 Å². The Morgan fingerprint density at radius 2 is 2.00 bits per heavy atom. The summed E-state index contributed by atoms with van der Waals surface area (Å²) in [6.45, 7) is 4.20. The second-order valence-corrected chi connectivity index (χ2v) is 4.50. The molecule has 0 bridgehead atoms. The maximum Gasteiger partial charge on any atom is 0.278 e. The average molecular weight is 276 g/mol. The Kier molecular flexibility index (Phi) is 3.74. The van der Waals surface area contributed by atoms with Gasteiger partial charge in [-0.2, -0.15) is 5.10 Å². The molecule has 0 aliphatic rings. The fourth-order valence-electron chi connectivity index (χ4n) is 1.99. The van der Waals surface area contributed by atoms with Crippen LogP contribution in [-0.4, -0.2) is 22.7 Å². The fourth-order valence-corrected chi connectivity index (χ4v) is 1.99. The molecule has 0 aliphatic carbocycles. The first-order valence-corrected chi connectivity index (χ1v) is 6.32. The summed E-state index contributed by atoms with van der Waals surface area (Å²) in [6, 6.07) is 5.71. The van der Waals surface area contributed by atoms with Gasteiger partial charge in [-0.25, -0.2) is 4.39 Å². The molecule has 0 aliphatic heterocycles. The molecule has 106 valence electrons. The Morgan fingerprint density at radius 3 is 2.55 bits per heavy atom. The largest absolute Gasteiger partial charge is 0.395 e. The van der Waals surface area contributed by atoms with Gasteiger partial charge in [0.15, 0.2) is 0 Å². The summed E-state index contributed by atoms with van der Waals surface area (Å²) >= 11 is 0. The number of benzene rings is 1. The number of halogens is 1. The van der Waals surface area contributed by atoms with Crippen molar-refractivity contribution in [2.24, 2.45) is 0 Å². The Hall–Kier alpha value is -2.37. The van der Waals surface area contributed by atoms with Crippen molar-refractivity contribution in [1.82, 2.24) is 9.78 Å². The van der Waals surface area contributed by atoms with E-state index >= 15 is 0 Å². The molecule has 0 spiro atoms. The molecule has 0 unspecified atom stereocenters. The monoisotopic (exact) mass is 276 g/mol. The summed E-state index contributed by atoms with van der Waals surface area (Å²) in [5.41, 5.74) is 7.89. The molecule has 0 saturated carbocycles. The number of hydrogen-bond acceptors (Lipinski definition) is 3. The minimum Gasteiger partial charge on any atom is -0.395 e. The smallest absolute Gasteiger partial charge is 0.278 e. The van der Waals surface area contributed by atoms with Gasteiger partial charge in [-0.3, -0.25) is 9.48 Å². The highest BCUT2D eigenvalue weighted by atomic mass is 19.1. The Balaban J connectivity index is 2.38. The second kappa shape index (κ2) is 5.32. The molecule has 2 aromatic rings. The van der Waals surface area contributed by atoms with Gasteiger partial charge in [0.05, 0.1) is 11.4 Å². The minimum absolute atomic E-state index is 0.267. The summed E-state index contributed by atoms with van der Waals surface area (Å²) in [4.78, 5) is 14.0. The zero-order chi connectivity index (χ0) is 14.9. The second-order valence-electron chi connectivity index (χ2n) is 4.50. The van der Waals surface area contributed by atoms with Gasteiger partial charge in [-0.15, -0.1) is 0 Å². The van der Waals surface area contributed by atoms with Crippen molar-refractivity contribution in [1.29, 1.82) is 0 Å². The minimum atomic E-state index is -0.344. The highest BCUT2D eigenvalue weighted by Gasteiger charge is 2.23. The molecular formula is C14H17FN4O. The predicted octanol–water partition coefficient (Wildman–Crippen LogP) is 2.21. The van der Waals surface area contributed by atoms with Gasteiger partial charge in [-0.05, 0) is 38.1 Å². The highest BCUT2D eigenvalue weighted by Crippen LogP contribution is 2.21. The number of carbonyl (C=O) groups is 1. The molecule has 2 rings (SSSR count). The van der Waals surface area contributed by atoms with E-state index < -0.39 is 0 Å². The molecule has 0 radical (unpaired) electrons. The van der Waals surface area contributed by atoms with Crippen molar-refractivity contribution in [3.63, 3.8) is 0 Å². The van der Waals surface area contributed by atoms with Crippen molar-refractivity contribution in [3.8, 4) is 0 Å². The molecule has 1 aromatic carbocycles. The zero-order valence-electron chi connectivity index (χ0n) is 11.7. The van der Waals surface area contributed by atoms with Gasteiger partial charge in [0, 0.05) is 19.3 Å². The SMILES string of the molecule is CCn1nc(C)c(N)c1C(=O)N(C)c1ccc(F)cc1. The molecule has 0 saturated heterocycles. The highest BCUT2D eigenvalue weighted by molar-refractivity contribution is 6.08. The van der Waals surface area contributed by atoms with Crippen molar-refractivity contribution in [2.45, 2.75) is 20.4 Å². The van der Waals surface area contributed by atoms with Crippen LogP contribution in [0.25, 0.3) is 0 Å². The molecule has 1 aromatic heterocycles. The Morgan fingerprint density at radius 1 is 1.40 bits per heavy atom. The first kappa shape index (κ1) is 14.0. The zero-order valence-corrected chi connectivity index (χ0v) is 11.7. The van der Waals surface area contributed by atoms with E-state index in [2.05, 4.69) is 5.10 Å². The van der Waals surface area contributed by atoms with E-state index in [1.165, 1.54) is 17.0 Å². The lowest BCUT2D eigenvalue weighted by atomic mass is 10.2. The first-order chi connectivity index (χ1) is 9.45. The summed E-state index contributed by atoms with van der Waals surface area (Å²) in [5, 5.41) is 4.22. The number of nitrogens with zero attached hydrogens (tertiary/aromatic N) is 3. The molecule has 1 amide bonds. The van der Waals surface area contributed by atoms with Crippen LogP contribution in [0.5, 0.6) is 0 Å². The predicted molar refractivity (Wildman–Crippen MR) is 76.2 cm³/mol. The van der Waals surface area contributed by atoms with Gasteiger partial charge in [0.2, 0.25) is 0 Å². The van der Waals surface area contributed by atoms with Crippen LogP contribution >= 0.6 is 0 Å². The number of nitrogen functional groups attached to an aromatic ring is 1. The number of anilines is 2. The molecule has 0 atom stereocenters.